The second-order valence-electron chi connectivity index (χ2n) is 5.44. The van der Waals surface area contributed by atoms with Gasteiger partial charge in [0.2, 0.25) is 11.8 Å². The first-order valence-electron chi connectivity index (χ1n) is 7.65. The second kappa shape index (κ2) is 8.98. The van der Waals surface area contributed by atoms with Crippen molar-refractivity contribution >= 4 is 23.6 Å². The van der Waals surface area contributed by atoms with Crippen molar-refractivity contribution < 1.29 is 23.1 Å². The molecule has 1 aliphatic rings. The third kappa shape index (κ3) is 5.45. The van der Waals surface area contributed by atoms with Gasteiger partial charge in [-0.1, -0.05) is 6.07 Å². The summed E-state index contributed by atoms with van der Waals surface area (Å²) in [6.07, 6.45) is 0. The van der Waals surface area contributed by atoms with E-state index in [4.69, 9.17) is 4.74 Å². The van der Waals surface area contributed by atoms with Gasteiger partial charge in [-0.3, -0.25) is 9.59 Å². The van der Waals surface area contributed by atoms with Crippen LogP contribution in [0.5, 0.6) is 0 Å². The lowest BCUT2D eigenvalue weighted by Gasteiger charge is -2.26. The van der Waals surface area contributed by atoms with Crippen LogP contribution in [0.2, 0.25) is 0 Å². The summed E-state index contributed by atoms with van der Waals surface area (Å²) >= 11 is 1.21. The molecule has 1 N–H and O–H groups in total. The minimum atomic E-state index is -0.696. The summed E-state index contributed by atoms with van der Waals surface area (Å²) < 4.78 is 31.7. The van der Waals surface area contributed by atoms with Crippen molar-refractivity contribution in [1.29, 1.82) is 0 Å². The molecule has 8 heteroatoms. The molecule has 0 aromatic heterocycles. The summed E-state index contributed by atoms with van der Waals surface area (Å²) in [5.74, 6) is -1.36. The van der Waals surface area contributed by atoms with E-state index in [-0.39, 0.29) is 28.9 Å². The van der Waals surface area contributed by atoms with Crippen LogP contribution in [0.3, 0.4) is 0 Å². The monoisotopic (exact) mass is 358 g/mol. The smallest absolute Gasteiger partial charge is 0.232 e. The van der Waals surface area contributed by atoms with E-state index in [1.165, 1.54) is 17.8 Å². The van der Waals surface area contributed by atoms with Gasteiger partial charge in [-0.25, -0.2) is 8.78 Å². The van der Waals surface area contributed by atoms with E-state index in [0.29, 0.717) is 26.3 Å². The Morgan fingerprint density at radius 2 is 2.00 bits per heavy atom. The van der Waals surface area contributed by atoms with Crippen molar-refractivity contribution in [3.63, 3.8) is 0 Å². The number of carbonyl (C=O) groups is 2. The van der Waals surface area contributed by atoms with E-state index in [1.54, 1.807) is 11.8 Å². The van der Waals surface area contributed by atoms with Crippen molar-refractivity contribution in [2.75, 3.05) is 37.8 Å². The molecule has 1 atom stereocenters. The van der Waals surface area contributed by atoms with Crippen molar-refractivity contribution in [3.8, 4) is 0 Å². The van der Waals surface area contributed by atoms with Crippen LogP contribution in [0.1, 0.15) is 18.5 Å². The summed E-state index contributed by atoms with van der Waals surface area (Å²) in [5, 5.41) is 2.64. The van der Waals surface area contributed by atoms with Crippen LogP contribution in [0.15, 0.2) is 18.2 Å². The number of nitrogens with zero attached hydrogens (tertiary/aromatic N) is 1. The van der Waals surface area contributed by atoms with Crippen molar-refractivity contribution in [3.05, 3.63) is 35.4 Å². The summed E-state index contributed by atoms with van der Waals surface area (Å²) in [4.78, 5) is 25.5. The van der Waals surface area contributed by atoms with Crippen LogP contribution in [0.4, 0.5) is 8.78 Å². The third-order valence-electron chi connectivity index (χ3n) is 3.63. The van der Waals surface area contributed by atoms with Gasteiger partial charge in [-0.15, -0.1) is 11.8 Å². The lowest BCUT2D eigenvalue weighted by atomic mass is 10.1. The van der Waals surface area contributed by atoms with Crippen LogP contribution in [0, 0.1) is 11.6 Å². The lowest BCUT2D eigenvalue weighted by Crippen LogP contribution is -2.41. The minimum absolute atomic E-state index is 0.0197. The molecular weight excluding hydrogens is 338 g/mol. The number of benzene rings is 1. The average Bonchev–Trinajstić information content (AvgIpc) is 2.55. The van der Waals surface area contributed by atoms with E-state index in [2.05, 4.69) is 5.32 Å². The Bertz CT molecular complexity index is 595. The molecule has 0 radical (unpaired) electrons. The Kier molecular flexibility index (Phi) is 6.99. The van der Waals surface area contributed by atoms with E-state index < -0.39 is 17.7 Å². The zero-order chi connectivity index (χ0) is 17.5. The van der Waals surface area contributed by atoms with Crippen molar-refractivity contribution in [2.24, 2.45) is 0 Å². The SMILES string of the molecule is CC(NC(=O)CSCC(=O)N1CCOCC1)c1ccc(F)cc1F. The predicted molar refractivity (Wildman–Crippen MR) is 87.6 cm³/mol. The highest BCUT2D eigenvalue weighted by Gasteiger charge is 2.18. The van der Waals surface area contributed by atoms with Crippen LogP contribution in [-0.4, -0.2) is 54.5 Å². The summed E-state index contributed by atoms with van der Waals surface area (Å²) in [6.45, 7) is 3.85. The van der Waals surface area contributed by atoms with Gasteiger partial charge in [0, 0.05) is 24.7 Å². The number of thioether (sulfide) groups is 1. The molecular formula is C16H20F2N2O3S. The molecule has 0 saturated carbocycles. The maximum atomic E-state index is 13.7. The molecule has 1 aromatic carbocycles. The topological polar surface area (TPSA) is 58.6 Å². The highest BCUT2D eigenvalue weighted by molar-refractivity contribution is 8.00. The molecule has 0 aliphatic carbocycles. The molecule has 2 amide bonds. The summed E-state index contributed by atoms with van der Waals surface area (Å²) in [6, 6.07) is 2.67. The Morgan fingerprint density at radius 3 is 2.67 bits per heavy atom. The highest BCUT2D eigenvalue weighted by atomic mass is 32.2. The van der Waals surface area contributed by atoms with Gasteiger partial charge in [0.1, 0.15) is 11.6 Å². The molecule has 1 heterocycles. The van der Waals surface area contributed by atoms with Crippen molar-refractivity contribution in [2.45, 2.75) is 13.0 Å². The first-order valence-corrected chi connectivity index (χ1v) is 8.80. The summed E-state index contributed by atoms with van der Waals surface area (Å²) in [5.41, 5.74) is 0.221. The Morgan fingerprint density at radius 1 is 1.29 bits per heavy atom. The fourth-order valence-corrected chi connectivity index (χ4v) is 3.08. The van der Waals surface area contributed by atoms with Gasteiger partial charge in [0.05, 0.1) is 30.8 Å². The fraction of sp³-hybridized carbons (Fsp3) is 0.500. The molecule has 2 rings (SSSR count). The standard InChI is InChI=1S/C16H20F2N2O3S/c1-11(13-3-2-12(17)8-14(13)18)19-15(21)9-24-10-16(22)20-4-6-23-7-5-20/h2-3,8,11H,4-7,9-10H2,1H3,(H,19,21). The lowest BCUT2D eigenvalue weighted by molar-refractivity contribution is -0.132. The molecule has 1 aliphatic heterocycles. The first-order chi connectivity index (χ1) is 11.5. The van der Waals surface area contributed by atoms with E-state index in [0.717, 1.165) is 12.1 Å². The number of amides is 2. The predicted octanol–water partition coefficient (Wildman–Crippen LogP) is 1.73. The normalized spacial score (nSPS) is 15.9. The molecule has 5 nitrogen and oxygen atoms in total. The third-order valence-corrected chi connectivity index (χ3v) is 4.55. The minimum Gasteiger partial charge on any atom is -0.378 e. The largest absolute Gasteiger partial charge is 0.378 e. The van der Waals surface area contributed by atoms with Gasteiger partial charge in [-0.05, 0) is 13.0 Å². The molecule has 132 valence electrons. The quantitative estimate of drug-likeness (QED) is 0.842. The fourth-order valence-electron chi connectivity index (χ4n) is 2.35. The van der Waals surface area contributed by atoms with Gasteiger partial charge in [-0.2, -0.15) is 0 Å². The molecule has 1 saturated heterocycles. The molecule has 1 unspecified atom stereocenters. The van der Waals surface area contributed by atoms with Crippen LogP contribution in [-0.2, 0) is 14.3 Å². The van der Waals surface area contributed by atoms with Gasteiger partial charge in [0.25, 0.3) is 0 Å². The average molecular weight is 358 g/mol. The highest BCUT2D eigenvalue weighted by Crippen LogP contribution is 2.18. The first kappa shape index (κ1) is 18.7. The number of carbonyl (C=O) groups excluding carboxylic acids is 2. The maximum Gasteiger partial charge on any atom is 0.232 e. The number of morpholine rings is 1. The second-order valence-corrected chi connectivity index (χ2v) is 6.43. The molecule has 0 spiro atoms. The van der Waals surface area contributed by atoms with E-state index in [9.17, 15) is 18.4 Å². The van der Waals surface area contributed by atoms with Crippen LogP contribution >= 0.6 is 11.8 Å². The van der Waals surface area contributed by atoms with E-state index >= 15 is 0 Å². The number of hydrogen-bond donors (Lipinski definition) is 1. The zero-order valence-corrected chi connectivity index (χ0v) is 14.2. The van der Waals surface area contributed by atoms with Crippen LogP contribution < -0.4 is 5.32 Å². The number of ether oxygens (including phenoxy) is 1. The maximum absolute atomic E-state index is 13.7. The number of halogens is 2. The Labute approximate surface area is 143 Å². The number of rotatable bonds is 6. The molecule has 1 aromatic rings. The van der Waals surface area contributed by atoms with Gasteiger partial charge >= 0.3 is 0 Å². The molecule has 24 heavy (non-hydrogen) atoms. The molecule has 0 bridgehead atoms. The van der Waals surface area contributed by atoms with Gasteiger partial charge in [0.15, 0.2) is 0 Å². The van der Waals surface area contributed by atoms with Crippen molar-refractivity contribution in [1.82, 2.24) is 10.2 Å². The Balaban J connectivity index is 1.73. The number of hydrogen-bond acceptors (Lipinski definition) is 4. The Hall–Kier alpha value is -1.67. The van der Waals surface area contributed by atoms with Gasteiger partial charge < -0.3 is 15.0 Å². The summed E-state index contributed by atoms with van der Waals surface area (Å²) in [7, 11) is 0. The van der Waals surface area contributed by atoms with Crippen LogP contribution in [0.25, 0.3) is 0 Å². The molecule has 1 fully saturated rings. The van der Waals surface area contributed by atoms with E-state index in [1.807, 2.05) is 0 Å². The zero-order valence-electron chi connectivity index (χ0n) is 13.4. The number of nitrogens with one attached hydrogen (secondary N) is 1.